The molecule has 9 heteroatoms. The molecule has 1 saturated heterocycles. The Bertz CT molecular complexity index is 883. The summed E-state index contributed by atoms with van der Waals surface area (Å²) in [6, 6.07) is 0.395. The van der Waals surface area contributed by atoms with E-state index < -0.39 is 0 Å². The van der Waals surface area contributed by atoms with Gasteiger partial charge in [-0.25, -0.2) is 9.97 Å². The molecule has 0 bridgehead atoms. The van der Waals surface area contributed by atoms with E-state index in [-0.39, 0.29) is 12.1 Å². The largest absolute Gasteiger partial charge is 0.379 e. The van der Waals surface area contributed by atoms with Crippen molar-refractivity contribution < 1.29 is 4.74 Å². The Kier molecular flexibility index (Phi) is 3.27. The molecule has 3 aromatic rings. The summed E-state index contributed by atoms with van der Waals surface area (Å²) in [6.07, 6.45) is 10.7. The van der Waals surface area contributed by atoms with E-state index in [1.807, 2.05) is 21.5 Å². The van der Waals surface area contributed by atoms with Gasteiger partial charge in [-0.1, -0.05) is 6.92 Å². The molecule has 0 aliphatic carbocycles. The number of ether oxygens (including phenoxy) is 1. The van der Waals surface area contributed by atoms with Gasteiger partial charge in [0.15, 0.2) is 11.6 Å². The van der Waals surface area contributed by atoms with Crippen molar-refractivity contribution in [1.82, 2.24) is 34.3 Å². The van der Waals surface area contributed by atoms with E-state index in [9.17, 15) is 0 Å². The standard InChI is InChI=1S/C16H18N8O/c1-2-12-15-21-19-10-23(15)13-7-18-16(22-5-4-17-9-22)20-14(13)24(12)11-3-6-25-8-11/h4-5,7,9-12H,2-3,6,8H2,1H3/t11?,12-/m1/s1. The van der Waals surface area contributed by atoms with Crippen LogP contribution in [0, 0.1) is 0 Å². The summed E-state index contributed by atoms with van der Waals surface area (Å²) >= 11 is 0. The monoisotopic (exact) mass is 338 g/mol. The van der Waals surface area contributed by atoms with Crippen molar-refractivity contribution in [2.75, 3.05) is 18.1 Å². The first-order valence-corrected chi connectivity index (χ1v) is 8.48. The van der Waals surface area contributed by atoms with Crippen LogP contribution in [0.3, 0.4) is 0 Å². The SMILES string of the molecule is CC[C@@H]1c2nncn2-c2cnc(-n3ccnc3)nc2N1C1CCOC1. The van der Waals surface area contributed by atoms with Crippen molar-refractivity contribution in [1.29, 1.82) is 0 Å². The molecule has 128 valence electrons. The summed E-state index contributed by atoms with van der Waals surface area (Å²) in [6.45, 7) is 3.64. The van der Waals surface area contributed by atoms with Gasteiger partial charge in [0.05, 0.1) is 24.9 Å². The van der Waals surface area contributed by atoms with Crippen LogP contribution in [0.2, 0.25) is 0 Å². The third kappa shape index (κ3) is 2.15. The molecule has 9 nitrogen and oxygen atoms in total. The van der Waals surface area contributed by atoms with Gasteiger partial charge < -0.3 is 9.64 Å². The maximum Gasteiger partial charge on any atom is 0.236 e. The second-order valence-electron chi connectivity index (χ2n) is 6.26. The number of anilines is 1. The lowest BCUT2D eigenvalue weighted by atomic mass is 10.1. The molecular formula is C16H18N8O. The van der Waals surface area contributed by atoms with Crippen LogP contribution in [0.5, 0.6) is 0 Å². The number of hydrogen-bond acceptors (Lipinski definition) is 7. The molecule has 3 aromatic heterocycles. The molecule has 25 heavy (non-hydrogen) atoms. The minimum Gasteiger partial charge on any atom is -0.379 e. The topological polar surface area (TPSA) is 86.8 Å². The Morgan fingerprint density at radius 2 is 2.28 bits per heavy atom. The zero-order valence-electron chi connectivity index (χ0n) is 13.9. The average molecular weight is 338 g/mol. The summed E-state index contributed by atoms with van der Waals surface area (Å²) in [7, 11) is 0. The van der Waals surface area contributed by atoms with Crippen LogP contribution < -0.4 is 4.90 Å². The highest BCUT2D eigenvalue weighted by Crippen LogP contribution is 2.40. The predicted octanol–water partition coefficient (Wildman–Crippen LogP) is 1.30. The average Bonchev–Trinajstić information content (AvgIpc) is 3.42. The maximum absolute atomic E-state index is 5.65. The van der Waals surface area contributed by atoms with Crippen LogP contribution in [0.25, 0.3) is 11.6 Å². The highest BCUT2D eigenvalue weighted by Gasteiger charge is 2.39. The van der Waals surface area contributed by atoms with E-state index in [1.165, 1.54) is 0 Å². The zero-order chi connectivity index (χ0) is 16.8. The number of fused-ring (bicyclic) bond motifs is 3. The molecule has 2 atom stereocenters. The molecule has 5 heterocycles. The van der Waals surface area contributed by atoms with Gasteiger partial charge in [0.1, 0.15) is 18.3 Å². The van der Waals surface area contributed by atoms with Crippen molar-refractivity contribution in [3.05, 3.63) is 37.1 Å². The molecule has 0 saturated carbocycles. The lowest BCUT2D eigenvalue weighted by Crippen LogP contribution is -2.43. The summed E-state index contributed by atoms with van der Waals surface area (Å²) in [5.74, 6) is 2.43. The zero-order valence-corrected chi connectivity index (χ0v) is 13.9. The van der Waals surface area contributed by atoms with Crippen LogP contribution in [-0.4, -0.2) is 53.5 Å². The van der Waals surface area contributed by atoms with Crippen molar-refractivity contribution in [3.63, 3.8) is 0 Å². The van der Waals surface area contributed by atoms with Crippen molar-refractivity contribution in [2.24, 2.45) is 0 Å². The summed E-state index contributed by atoms with van der Waals surface area (Å²) < 4.78 is 9.45. The second-order valence-corrected chi connectivity index (χ2v) is 6.26. The van der Waals surface area contributed by atoms with Gasteiger partial charge in [0.2, 0.25) is 5.95 Å². The Labute approximate surface area is 144 Å². The molecular weight excluding hydrogens is 320 g/mol. The van der Waals surface area contributed by atoms with Gasteiger partial charge in [-0.3, -0.25) is 9.13 Å². The smallest absolute Gasteiger partial charge is 0.236 e. The lowest BCUT2D eigenvalue weighted by molar-refractivity contribution is 0.191. The quantitative estimate of drug-likeness (QED) is 0.711. The third-order valence-corrected chi connectivity index (χ3v) is 4.87. The first-order chi connectivity index (χ1) is 12.4. The minimum absolute atomic E-state index is 0.118. The highest BCUT2D eigenvalue weighted by molar-refractivity contribution is 5.62. The molecule has 1 unspecified atom stereocenters. The normalized spacial score (nSPS) is 22.0. The van der Waals surface area contributed by atoms with E-state index in [2.05, 4.69) is 32.0 Å². The Morgan fingerprint density at radius 1 is 1.32 bits per heavy atom. The molecule has 0 spiro atoms. The van der Waals surface area contributed by atoms with Gasteiger partial charge in [0.25, 0.3) is 0 Å². The van der Waals surface area contributed by atoms with Crippen molar-refractivity contribution in [3.8, 4) is 11.6 Å². The minimum atomic E-state index is 0.118. The molecule has 0 amide bonds. The first kappa shape index (κ1) is 14.5. The van der Waals surface area contributed by atoms with E-state index in [1.54, 1.807) is 18.9 Å². The van der Waals surface area contributed by atoms with Gasteiger partial charge in [-0.2, -0.15) is 4.98 Å². The Balaban J connectivity index is 1.70. The molecule has 0 radical (unpaired) electrons. The fourth-order valence-electron chi connectivity index (χ4n) is 3.70. The van der Waals surface area contributed by atoms with Crippen LogP contribution in [0.15, 0.2) is 31.2 Å². The molecule has 0 N–H and O–H groups in total. The van der Waals surface area contributed by atoms with Crippen molar-refractivity contribution in [2.45, 2.75) is 31.8 Å². The molecule has 2 aliphatic rings. The lowest BCUT2D eigenvalue weighted by Gasteiger charge is -2.40. The summed E-state index contributed by atoms with van der Waals surface area (Å²) in [4.78, 5) is 15.8. The summed E-state index contributed by atoms with van der Waals surface area (Å²) in [5.41, 5.74) is 0.903. The molecule has 0 aromatic carbocycles. The number of rotatable bonds is 3. The number of imidazole rings is 1. The molecule has 5 rings (SSSR count). The fourth-order valence-corrected chi connectivity index (χ4v) is 3.70. The van der Waals surface area contributed by atoms with Crippen LogP contribution >= 0.6 is 0 Å². The van der Waals surface area contributed by atoms with E-state index in [0.29, 0.717) is 12.6 Å². The van der Waals surface area contributed by atoms with E-state index in [0.717, 1.165) is 36.8 Å². The Morgan fingerprint density at radius 3 is 3.04 bits per heavy atom. The number of nitrogens with zero attached hydrogens (tertiary/aromatic N) is 8. The van der Waals surface area contributed by atoms with Gasteiger partial charge in [0, 0.05) is 19.0 Å². The number of hydrogen-bond donors (Lipinski definition) is 0. The van der Waals surface area contributed by atoms with Crippen LogP contribution in [0.1, 0.15) is 31.6 Å². The van der Waals surface area contributed by atoms with Gasteiger partial charge >= 0.3 is 0 Å². The molecule has 1 fully saturated rings. The number of aromatic nitrogens is 7. The van der Waals surface area contributed by atoms with E-state index in [4.69, 9.17) is 9.72 Å². The van der Waals surface area contributed by atoms with Crippen LogP contribution in [0.4, 0.5) is 5.82 Å². The predicted molar refractivity (Wildman–Crippen MR) is 88.8 cm³/mol. The van der Waals surface area contributed by atoms with Crippen LogP contribution in [-0.2, 0) is 4.74 Å². The maximum atomic E-state index is 5.65. The van der Waals surface area contributed by atoms with Gasteiger partial charge in [-0.15, -0.1) is 10.2 Å². The second kappa shape index (κ2) is 5.62. The summed E-state index contributed by atoms with van der Waals surface area (Å²) in [5, 5.41) is 8.48. The van der Waals surface area contributed by atoms with Crippen molar-refractivity contribution >= 4 is 5.82 Å². The van der Waals surface area contributed by atoms with Gasteiger partial charge in [-0.05, 0) is 12.8 Å². The Hall–Kier alpha value is -2.81. The fraction of sp³-hybridized carbons (Fsp3) is 0.438. The van der Waals surface area contributed by atoms with E-state index >= 15 is 0 Å². The molecule has 2 aliphatic heterocycles. The third-order valence-electron chi connectivity index (χ3n) is 4.87. The first-order valence-electron chi connectivity index (χ1n) is 8.48. The highest BCUT2D eigenvalue weighted by atomic mass is 16.5.